The lowest BCUT2D eigenvalue weighted by molar-refractivity contribution is 0.0563. The molecule has 1 N–H and O–H groups in total. The van der Waals surface area contributed by atoms with Gasteiger partial charge in [0.05, 0.1) is 6.10 Å². The molecule has 1 spiro atoms. The van der Waals surface area contributed by atoms with Crippen LogP contribution in [0, 0.1) is 5.41 Å². The van der Waals surface area contributed by atoms with Crippen LogP contribution in [0.5, 0.6) is 0 Å². The van der Waals surface area contributed by atoms with E-state index in [9.17, 15) is 5.11 Å². The Morgan fingerprint density at radius 3 is 2.31 bits per heavy atom. The van der Waals surface area contributed by atoms with Crippen molar-refractivity contribution in [1.29, 1.82) is 0 Å². The van der Waals surface area contributed by atoms with Gasteiger partial charge in [0.15, 0.2) is 0 Å². The minimum Gasteiger partial charge on any atom is -0.392 e. The van der Waals surface area contributed by atoms with Gasteiger partial charge >= 0.3 is 0 Å². The Kier molecular flexibility index (Phi) is 4.26. The first-order chi connectivity index (χ1) is 7.74. The number of β-amino-alcohol motifs (C(OH)–C–C–N with tert-alkyl or cyclic N) is 1. The lowest BCUT2D eigenvalue weighted by atomic mass is 9.77. The van der Waals surface area contributed by atoms with Crippen molar-refractivity contribution in [1.82, 2.24) is 4.90 Å². The van der Waals surface area contributed by atoms with Crippen molar-refractivity contribution in [2.24, 2.45) is 5.41 Å². The van der Waals surface area contributed by atoms with Crippen molar-refractivity contribution in [2.45, 2.75) is 64.4 Å². The zero-order valence-electron chi connectivity index (χ0n) is 10.7. The van der Waals surface area contributed by atoms with Crippen molar-refractivity contribution in [3.63, 3.8) is 0 Å². The van der Waals surface area contributed by atoms with E-state index in [-0.39, 0.29) is 6.10 Å². The number of aliphatic hydroxyl groups is 1. The average Bonchev–Trinajstić information content (AvgIpc) is 2.71. The maximum Gasteiger partial charge on any atom is 0.0667 e. The monoisotopic (exact) mass is 225 g/mol. The van der Waals surface area contributed by atoms with Crippen LogP contribution >= 0.6 is 0 Å². The largest absolute Gasteiger partial charge is 0.392 e. The summed E-state index contributed by atoms with van der Waals surface area (Å²) in [6.45, 7) is 5.50. The fourth-order valence-electron chi connectivity index (χ4n) is 3.56. The predicted octanol–water partition coefficient (Wildman–Crippen LogP) is 2.80. The van der Waals surface area contributed by atoms with Crippen LogP contribution in [0.15, 0.2) is 0 Å². The maximum absolute atomic E-state index is 9.82. The van der Waals surface area contributed by atoms with Gasteiger partial charge < -0.3 is 10.0 Å². The Morgan fingerprint density at radius 1 is 1.12 bits per heavy atom. The molecule has 1 heterocycles. The summed E-state index contributed by atoms with van der Waals surface area (Å²) in [4.78, 5) is 2.48. The fourth-order valence-corrected chi connectivity index (χ4v) is 3.56. The van der Waals surface area contributed by atoms with Gasteiger partial charge in [0.1, 0.15) is 0 Å². The maximum atomic E-state index is 9.82. The normalized spacial score (nSPS) is 27.4. The molecule has 1 atom stereocenters. The van der Waals surface area contributed by atoms with E-state index >= 15 is 0 Å². The number of piperidine rings is 1. The number of aliphatic hydroxyl groups excluding tert-OH is 1. The summed E-state index contributed by atoms with van der Waals surface area (Å²) in [5.41, 5.74) is 0.714. The zero-order valence-corrected chi connectivity index (χ0v) is 10.7. The minimum atomic E-state index is -0.0948. The van der Waals surface area contributed by atoms with Crippen LogP contribution in [0.4, 0.5) is 0 Å². The molecule has 0 radical (unpaired) electrons. The molecule has 2 aliphatic rings. The van der Waals surface area contributed by atoms with Crippen molar-refractivity contribution < 1.29 is 5.11 Å². The highest BCUT2D eigenvalue weighted by Crippen LogP contribution is 2.46. The molecule has 2 fully saturated rings. The quantitative estimate of drug-likeness (QED) is 0.795. The fraction of sp³-hybridized carbons (Fsp3) is 1.00. The molecule has 0 aromatic rings. The van der Waals surface area contributed by atoms with Gasteiger partial charge in [0, 0.05) is 6.54 Å². The van der Waals surface area contributed by atoms with E-state index in [1.807, 2.05) is 0 Å². The molecule has 0 bridgehead atoms. The Balaban J connectivity index is 1.72. The second kappa shape index (κ2) is 5.50. The zero-order chi connectivity index (χ0) is 11.4. The summed E-state index contributed by atoms with van der Waals surface area (Å²) >= 11 is 0. The smallest absolute Gasteiger partial charge is 0.0667 e. The van der Waals surface area contributed by atoms with Gasteiger partial charge in [0.25, 0.3) is 0 Å². The molecular formula is C14H27NO. The van der Waals surface area contributed by atoms with E-state index in [1.165, 1.54) is 51.6 Å². The number of hydrogen-bond acceptors (Lipinski definition) is 2. The molecule has 1 aliphatic carbocycles. The highest BCUT2D eigenvalue weighted by molar-refractivity contribution is 4.89. The van der Waals surface area contributed by atoms with Crippen molar-refractivity contribution in [2.75, 3.05) is 19.6 Å². The van der Waals surface area contributed by atoms with Crippen molar-refractivity contribution in [3.05, 3.63) is 0 Å². The summed E-state index contributed by atoms with van der Waals surface area (Å²) < 4.78 is 0. The van der Waals surface area contributed by atoms with E-state index in [0.29, 0.717) is 5.41 Å². The average molecular weight is 225 g/mol. The molecule has 0 amide bonds. The minimum absolute atomic E-state index is 0.0948. The molecule has 1 aliphatic heterocycles. The summed E-state index contributed by atoms with van der Waals surface area (Å²) in [5.74, 6) is 0. The SMILES string of the molecule is CCCC(O)CN1CCC2(CCCC2)CC1. The van der Waals surface area contributed by atoms with E-state index in [1.54, 1.807) is 0 Å². The summed E-state index contributed by atoms with van der Waals surface area (Å²) in [5, 5.41) is 9.82. The first-order valence-corrected chi connectivity index (χ1v) is 7.14. The lowest BCUT2D eigenvalue weighted by Crippen LogP contribution is -2.42. The summed E-state index contributed by atoms with van der Waals surface area (Å²) in [6.07, 6.45) is 10.6. The van der Waals surface area contributed by atoms with Crippen LogP contribution in [0.2, 0.25) is 0 Å². The molecule has 1 saturated carbocycles. The summed E-state index contributed by atoms with van der Waals surface area (Å²) in [6, 6.07) is 0. The number of hydrogen-bond donors (Lipinski definition) is 1. The van der Waals surface area contributed by atoms with Gasteiger partial charge in [-0.1, -0.05) is 26.2 Å². The Morgan fingerprint density at radius 2 is 1.75 bits per heavy atom. The van der Waals surface area contributed by atoms with Crippen LogP contribution in [0.3, 0.4) is 0 Å². The van der Waals surface area contributed by atoms with Crippen molar-refractivity contribution in [3.8, 4) is 0 Å². The van der Waals surface area contributed by atoms with Crippen molar-refractivity contribution >= 4 is 0 Å². The second-order valence-corrected chi connectivity index (χ2v) is 5.95. The number of likely N-dealkylation sites (tertiary alicyclic amines) is 1. The van der Waals surface area contributed by atoms with Gasteiger partial charge in [-0.15, -0.1) is 0 Å². The van der Waals surface area contributed by atoms with Crippen LogP contribution in [0.1, 0.15) is 58.3 Å². The molecule has 2 heteroatoms. The van der Waals surface area contributed by atoms with Crippen LogP contribution in [-0.4, -0.2) is 35.7 Å². The molecule has 2 nitrogen and oxygen atoms in total. The van der Waals surface area contributed by atoms with E-state index < -0.39 is 0 Å². The summed E-state index contributed by atoms with van der Waals surface area (Å²) in [7, 11) is 0. The highest BCUT2D eigenvalue weighted by Gasteiger charge is 2.36. The van der Waals surface area contributed by atoms with Crippen LogP contribution < -0.4 is 0 Å². The van der Waals surface area contributed by atoms with Gasteiger partial charge in [-0.2, -0.15) is 0 Å². The Hall–Kier alpha value is -0.0800. The molecule has 94 valence electrons. The topological polar surface area (TPSA) is 23.5 Å². The molecular weight excluding hydrogens is 198 g/mol. The lowest BCUT2D eigenvalue weighted by Gasteiger charge is -2.40. The molecule has 1 saturated heterocycles. The predicted molar refractivity (Wildman–Crippen MR) is 67.5 cm³/mol. The molecule has 16 heavy (non-hydrogen) atoms. The molecule has 2 rings (SSSR count). The number of rotatable bonds is 4. The van der Waals surface area contributed by atoms with Crippen LogP contribution in [0.25, 0.3) is 0 Å². The van der Waals surface area contributed by atoms with Gasteiger partial charge in [-0.25, -0.2) is 0 Å². The number of nitrogens with zero attached hydrogens (tertiary/aromatic N) is 1. The third-order valence-corrected chi connectivity index (χ3v) is 4.67. The molecule has 1 unspecified atom stereocenters. The van der Waals surface area contributed by atoms with E-state index in [2.05, 4.69) is 11.8 Å². The Labute approximate surface area is 100 Å². The van der Waals surface area contributed by atoms with E-state index in [4.69, 9.17) is 0 Å². The van der Waals surface area contributed by atoms with Gasteiger partial charge in [-0.3, -0.25) is 0 Å². The third-order valence-electron chi connectivity index (χ3n) is 4.67. The Bertz CT molecular complexity index is 201. The highest BCUT2D eigenvalue weighted by atomic mass is 16.3. The molecule has 0 aromatic carbocycles. The first-order valence-electron chi connectivity index (χ1n) is 7.14. The molecule has 0 aromatic heterocycles. The van der Waals surface area contributed by atoms with E-state index in [0.717, 1.165) is 19.4 Å². The van der Waals surface area contributed by atoms with Crippen LogP contribution in [-0.2, 0) is 0 Å². The first kappa shape index (κ1) is 12.4. The van der Waals surface area contributed by atoms with Gasteiger partial charge in [0.2, 0.25) is 0 Å². The second-order valence-electron chi connectivity index (χ2n) is 5.95. The standard InChI is InChI=1S/C14H27NO/c1-2-5-13(16)12-15-10-8-14(9-11-15)6-3-4-7-14/h13,16H,2-12H2,1H3. The van der Waals surface area contributed by atoms with Gasteiger partial charge in [-0.05, 0) is 50.6 Å². The third kappa shape index (κ3) is 2.98.